The fourth-order valence-corrected chi connectivity index (χ4v) is 1.92. The number of amides is 1. The molecule has 2 rings (SSSR count). The van der Waals surface area contributed by atoms with E-state index in [9.17, 15) is 4.79 Å². The van der Waals surface area contributed by atoms with Crippen LogP contribution in [0.25, 0.3) is 0 Å². The molecule has 1 aromatic carbocycles. The first-order chi connectivity index (χ1) is 9.08. The second-order valence-electron chi connectivity index (χ2n) is 4.56. The van der Waals surface area contributed by atoms with Crippen LogP contribution in [-0.2, 0) is 6.54 Å². The summed E-state index contributed by atoms with van der Waals surface area (Å²) < 4.78 is 0. The number of hydrogen-bond donors (Lipinski definition) is 1. The molecule has 4 heteroatoms. The SMILES string of the molecule is Cc1ccccc1CN(C)C(=O)c1ccnc(N)c1. The van der Waals surface area contributed by atoms with Crippen LogP contribution in [0.2, 0.25) is 0 Å². The van der Waals surface area contributed by atoms with Crippen molar-refractivity contribution in [3.63, 3.8) is 0 Å². The Labute approximate surface area is 112 Å². The molecule has 1 amide bonds. The third kappa shape index (κ3) is 3.10. The Morgan fingerprint density at radius 3 is 2.74 bits per heavy atom. The lowest BCUT2D eigenvalue weighted by atomic mass is 10.1. The minimum absolute atomic E-state index is 0.0580. The average molecular weight is 255 g/mol. The van der Waals surface area contributed by atoms with Crippen LogP contribution in [0, 0.1) is 6.92 Å². The second-order valence-corrected chi connectivity index (χ2v) is 4.56. The zero-order valence-corrected chi connectivity index (χ0v) is 11.1. The van der Waals surface area contributed by atoms with Crippen LogP contribution in [0.1, 0.15) is 21.5 Å². The molecule has 98 valence electrons. The van der Waals surface area contributed by atoms with Gasteiger partial charge in [-0.1, -0.05) is 24.3 Å². The van der Waals surface area contributed by atoms with Gasteiger partial charge < -0.3 is 10.6 Å². The number of nitrogens with two attached hydrogens (primary N) is 1. The lowest BCUT2D eigenvalue weighted by Crippen LogP contribution is -2.26. The van der Waals surface area contributed by atoms with E-state index in [1.165, 1.54) is 5.56 Å². The molecular formula is C15H17N3O. The van der Waals surface area contributed by atoms with Gasteiger partial charge in [-0.15, -0.1) is 0 Å². The lowest BCUT2D eigenvalue weighted by molar-refractivity contribution is 0.0785. The van der Waals surface area contributed by atoms with Crippen LogP contribution < -0.4 is 5.73 Å². The van der Waals surface area contributed by atoms with Gasteiger partial charge in [0.05, 0.1) is 0 Å². The van der Waals surface area contributed by atoms with Crippen molar-refractivity contribution < 1.29 is 4.79 Å². The van der Waals surface area contributed by atoms with E-state index < -0.39 is 0 Å². The third-order valence-electron chi connectivity index (χ3n) is 3.04. The number of pyridine rings is 1. The van der Waals surface area contributed by atoms with Gasteiger partial charge in [0.25, 0.3) is 5.91 Å². The molecule has 0 spiro atoms. The van der Waals surface area contributed by atoms with Gasteiger partial charge in [-0.05, 0) is 30.2 Å². The molecule has 0 saturated carbocycles. The first-order valence-electron chi connectivity index (χ1n) is 6.09. The Morgan fingerprint density at radius 2 is 2.05 bits per heavy atom. The summed E-state index contributed by atoms with van der Waals surface area (Å²) in [4.78, 5) is 17.8. The minimum atomic E-state index is -0.0580. The number of carbonyl (C=O) groups excluding carboxylic acids is 1. The van der Waals surface area contributed by atoms with Crippen LogP contribution in [0.4, 0.5) is 5.82 Å². The number of nitrogen functional groups attached to an aromatic ring is 1. The normalized spacial score (nSPS) is 10.2. The monoisotopic (exact) mass is 255 g/mol. The average Bonchev–Trinajstić information content (AvgIpc) is 2.40. The van der Waals surface area contributed by atoms with Gasteiger partial charge in [0, 0.05) is 25.4 Å². The van der Waals surface area contributed by atoms with Crippen LogP contribution in [-0.4, -0.2) is 22.8 Å². The summed E-state index contributed by atoms with van der Waals surface area (Å²) in [7, 11) is 1.78. The van der Waals surface area contributed by atoms with Crippen molar-refractivity contribution >= 4 is 11.7 Å². The number of aromatic nitrogens is 1. The van der Waals surface area contributed by atoms with E-state index in [1.807, 2.05) is 31.2 Å². The number of hydrogen-bond acceptors (Lipinski definition) is 3. The Kier molecular flexibility index (Phi) is 3.80. The van der Waals surface area contributed by atoms with Crippen molar-refractivity contribution in [1.29, 1.82) is 0 Å². The molecule has 0 unspecified atom stereocenters. The zero-order valence-electron chi connectivity index (χ0n) is 11.1. The second kappa shape index (κ2) is 5.52. The molecule has 0 saturated heterocycles. The standard InChI is InChI=1S/C15H17N3O/c1-11-5-3-4-6-13(11)10-18(2)15(19)12-7-8-17-14(16)9-12/h3-9H,10H2,1-2H3,(H2,16,17). The minimum Gasteiger partial charge on any atom is -0.384 e. The van der Waals surface area contributed by atoms with Crippen LogP contribution >= 0.6 is 0 Å². The van der Waals surface area contributed by atoms with E-state index in [-0.39, 0.29) is 5.91 Å². The first kappa shape index (κ1) is 13.1. The summed E-state index contributed by atoms with van der Waals surface area (Å²) in [6.45, 7) is 2.62. The lowest BCUT2D eigenvalue weighted by Gasteiger charge is -2.18. The molecule has 0 fully saturated rings. The van der Waals surface area contributed by atoms with Crippen LogP contribution in [0.15, 0.2) is 42.6 Å². The van der Waals surface area contributed by atoms with E-state index in [4.69, 9.17) is 5.73 Å². The summed E-state index contributed by atoms with van der Waals surface area (Å²) in [6, 6.07) is 11.3. The maximum atomic E-state index is 12.3. The van der Waals surface area contributed by atoms with Crippen molar-refractivity contribution in [3.8, 4) is 0 Å². The number of aryl methyl sites for hydroxylation is 1. The third-order valence-corrected chi connectivity index (χ3v) is 3.04. The van der Waals surface area contributed by atoms with Crippen molar-refractivity contribution in [2.24, 2.45) is 0 Å². The molecule has 19 heavy (non-hydrogen) atoms. The number of benzene rings is 1. The van der Waals surface area contributed by atoms with E-state index in [1.54, 1.807) is 30.3 Å². The molecular weight excluding hydrogens is 238 g/mol. The molecule has 0 bridgehead atoms. The fourth-order valence-electron chi connectivity index (χ4n) is 1.92. The maximum Gasteiger partial charge on any atom is 0.254 e. The number of nitrogens with zero attached hydrogens (tertiary/aromatic N) is 2. The molecule has 1 heterocycles. The van der Waals surface area contributed by atoms with E-state index in [0.717, 1.165) is 5.56 Å². The number of rotatable bonds is 3. The summed E-state index contributed by atoms with van der Waals surface area (Å²) in [5, 5.41) is 0. The first-order valence-corrected chi connectivity index (χ1v) is 6.09. The Morgan fingerprint density at radius 1 is 1.32 bits per heavy atom. The predicted octanol–water partition coefficient (Wildman–Crippen LogP) is 2.24. The summed E-state index contributed by atoms with van der Waals surface area (Å²) in [5.74, 6) is 0.299. The van der Waals surface area contributed by atoms with Gasteiger partial charge in [0.2, 0.25) is 0 Å². The maximum absolute atomic E-state index is 12.3. The topological polar surface area (TPSA) is 59.2 Å². The number of anilines is 1. The summed E-state index contributed by atoms with van der Waals surface area (Å²) >= 11 is 0. The molecule has 0 aliphatic rings. The Bertz CT molecular complexity index is 595. The number of carbonyl (C=O) groups is 1. The van der Waals surface area contributed by atoms with Gasteiger partial charge in [-0.3, -0.25) is 4.79 Å². The highest BCUT2D eigenvalue weighted by atomic mass is 16.2. The van der Waals surface area contributed by atoms with Gasteiger partial charge in [0.1, 0.15) is 5.82 Å². The predicted molar refractivity (Wildman–Crippen MR) is 75.6 cm³/mol. The Balaban J connectivity index is 2.14. The highest BCUT2D eigenvalue weighted by molar-refractivity contribution is 5.94. The molecule has 0 radical (unpaired) electrons. The van der Waals surface area contributed by atoms with Gasteiger partial charge in [-0.2, -0.15) is 0 Å². The van der Waals surface area contributed by atoms with E-state index >= 15 is 0 Å². The zero-order chi connectivity index (χ0) is 13.8. The van der Waals surface area contributed by atoms with Crippen LogP contribution in [0.3, 0.4) is 0 Å². The van der Waals surface area contributed by atoms with Crippen molar-refractivity contribution in [1.82, 2.24) is 9.88 Å². The molecule has 2 aromatic rings. The smallest absolute Gasteiger partial charge is 0.254 e. The van der Waals surface area contributed by atoms with E-state index in [0.29, 0.717) is 17.9 Å². The highest BCUT2D eigenvalue weighted by Gasteiger charge is 2.13. The molecule has 0 atom stereocenters. The summed E-state index contributed by atoms with van der Waals surface area (Å²) in [6.07, 6.45) is 1.55. The largest absolute Gasteiger partial charge is 0.384 e. The summed E-state index contributed by atoms with van der Waals surface area (Å²) in [5.41, 5.74) is 8.47. The molecule has 0 aliphatic carbocycles. The van der Waals surface area contributed by atoms with Gasteiger partial charge in [0.15, 0.2) is 0 Å². The highest BCUT2D eigenvalue weighted by Crippen LogP contribution is 2.12. The fraction of sp³-hybridized carbons (Fsp3) is 0.200. The van der Waals surface area contributed by atoms with Gasteiger partial charge >= 0.3 is 0 Å². The molecule has 2 N–H and O–H groups in total. The van der Waals surface area contributed by atoms with E-state index in [2.05, 4.69) is 4.98 Å². The van der Waals surface area contributed by atoms with Gasteiger partial charge in [-0.25, -0.2) is 4.98 Å². The molecule has 4 nitrogen and oxygen atoms in total. The Hall–Kier alpha value is -2.36. The van der Waals surface area contributed by atoms with Crippen LogP contribution in [0.5, 0.6) is 0 Å². The molecule has 1 aromatic heterocycles. The van der Waals surface area contributed by atoms with Crippen molar-refractivity contribution in [2.75, 3.05) is 12.8 Å². The van der Waals surface area contributed by atoms with Crippen molar-refractivity contribution in [3.05, 3.63) is 59.3 Å². The van der Waals surface area contributed by atoms with Crippen molar-refractivity contribution in [2.45, 2.75) is 13.5 Å². The quantitative estimate of drug-likeness (QED) is 0.915. The molecule has 0 aliphatic heterocycles.